The van der Waals surface area contributed by atoms with E-state index in [4.69, 9.17) is 0 Å². The van der Waals surface area contributed by atoms with E-state index in [0.29, 0.717) is 0 Å². The molecule has 1 heterocycles. The molecule has 2 rings (SSSR count). The smallest absolute Gasteiger partial charge is 0.0423 e. The van der Waals surface area contributed by atoms with E-state index in [1.165, 1.54) is 11.3 Å². The molecule has 20 heavy (non-hydrogen) atoms. The third-order valence-corrected chi connectivity index (χ3v) is 3.83. The summed E-state index contributed by atoms with van der Waals surface area (Å²) in [4.78, 5) is 6.55. The molecule has 0 saturated carbocycles. The third-order valence-electron chi connectivity index (χ3n) is 3.36. The van der Waals surface area contributed by atoms with Gasteiger partial charge in [0.15, 0.2) is 0 Å². The number of anilines is 1. The molecular weight excluding hydrogens is 314 g/mol. The van der Waals surface area contributed by atoms with Gasteiger partial charge in [0.05, 0.1) is 0 Å². The van der Waals surface area contributed by atoms with Crippen LogP contribution >= 0.6 is 15.9 Å². The van der Waals surface area contributed by atoms with Crippen LogP contribution in [-0.2, 0) is 6.42 Å². The molecule has 0 aliphatic heterocycles. The maximum atomic E-state index is 4.44. The van der Waals surface area contributed by atoms with Crippen LogP contribution in [0.1, 0.15) is 17.3 Å². The van der Waals surface area contributed by atoms with Crippen LogP contribution in [0.4, 0.5) is 5.69 Å². The highest BCUT2D eigenvalue weighted by Crippen LogP contribution is 2.21. The van der Waals surface area contributed by atoms with E-state index in [9.17, 15) is 0 Å². The molecule has 1 aromatic carbocycles. The molecule has 1 atom stereocenters. The Morgan fingerprint density at radius 2 is 1.85 bits per heavy atom. The van der Waals surface area contributed by atoms with Crippen LogP contribution in [-0.4, -0.2) is 26.1 Å². The molecule has 0 fully saturated rings. The highest BCUT2D eigenvalue weighted by Gasteiger charge is 2.11. The number of hydrogen-bond acceptors (Lipinski definition) is 3. The van der Waals surface area contributed by atoms with Crippen LogP contribution in [0.2, 0.25) is 0 Å². The molecule has 2 aromatic rings. The summed E-state index contributed by atoms with van der Waals surface area (Å²) in [5, 5.41) is 3.36. The fraction of sp³-hybridized carbons (Fsp3) is 0.312. The van der Waals surface area contributed by atoms with E-state index in [0.717, 1.165) is 16.6 Å². The molecule has 1 unspecified atom stereocenters. The van der Waals surface area contributed by atoms with E-state index >= 15 is 0 Å². The Morgan fingerprint density at radius 1 is 1.15 bits per heavy atom. The molecule has 1 N–H and O–H groups in total. The zero-order chi connectivity index (χ0) is 14.5. The van der Waals surface area contributed by atoms with E-state index in [-0.39, 0.29) is 6.04 Å². The molecule has 0 saturated heterocycles. The minimum Gasteiger partial charge on any atom is -0.378 e. The van der Waals surface area contributed by atoms with Gasteiger partial charge in [-0.05, 0) is 52.8 Å². The number of nitrogens with one attached hydrogen (secondary N) is 1. The lowest BCUT2D eigenvalue weighted by Gasteiger charge is -2.18. The lowest BCUT2D eigenvalue weighted by atomic mass is 10.0. The number of hydrogen-bond donors (Lipinski definition) is 1. The molecule has 4 heteroatoms. The van der Waals surface area contributed by atoms with E-state index in [2.05, 4.69) is 75.6 Å². The van der Waals surface area contributed by atoms with Crippen molar-refractivity contribution in [2.24, 2.45) is 0 Å². The van der Waals surface area contributed by atoms with Crippen molar-refractivity contribution in [3.8, 4) is 0 Å². The zero-order valence-electron chi connectivity index (χ0n) is 12.1. The van der Waals surface area contributed by atoms with Crippen LogP contribution in [0.5, 0.6) is 0 Å². The fourth-order valence-electron chi connectivity index (χ4n) is 2.13. The maximum absolute atomic E-state index is 4.44. The van der Waals surface area contributed by atoms with E-state index < -0.39 is 0 Å². The molecule has 0 spiro atoms. The van der Waals surface area contributed by atoms with Crippen LogP contribution in [0.25, 0.3) is 0 Å². The summed E-state index contributed by atoms with van der Waals surface area (Å²) in [6.07, 6.45) is 2.72. The average molecular weight is 334 g/mol. The van der Waals surface area contributed by atoms with Crippen LogP contribution in [0, 0.1) is 0 Å². The second-order valence-electron chi connectivity index (χ2n) is 5.00. The first kappa shape index (κ1) is 15.0. The van der Waals surface area contributed by atoms with E-state index in [1.54, 1.807) is 0 Å². The van der Waals surface area contributed by atoms with Crippen LogP contribution < -0.4 is 10.2 Å². The molecule has 0 aliphatic carbocycles. The SMILES string of the molecule is CNC(Cc1ccc(Br)cn1)c1ccc(N(C)C)cc1. The van der Waals surface area contributed by atoms with Crippen molar-refractivity contribution in [3.63, 3.8) is 0 Å². The zero-order valence-corrected chi connectivity index (χ0v) is 13.7. The van der Waals surface area contributed by atoms with Crippen molar-refractivity contribution in [3.05, 3.63) is 58.3 Å². The fourth-order valence-corrected chi connectivity index (χ4v) is 2.36. The monoisotopic (exact) mass is 333 g/mol. The van der Waals surface area contributed by atoms with Crippen molar-refractivity contribution in [1.82, 2.24) is 10.3 Å². The standard InChI is InChI=1S/C16H20BrN3/c1-18-16(10-14-7-6-13(17)11-19-14)12-4-8-15(9-5-12)20(2)3/h4-9,11,16,18H,10H2,1-3H3. The van der Waals surface area contributed by atoms with Gasteiger partial charge in [0.25, 0.3) is 0 Å². The van der Waals surface area contributed by atoms with Crippen molar-refractivity contribution < 1.29 is 0 Å². The quantitative estimate of drug-likeness (QED) is 0.908. The minimum absolute atomic E-state index is 0.278. The Bertz CT molecular complexity index is 535. The van der Waals surface area contributed by atoms with Gasteiger partial charge in [-0.3, -0.25) is 4.98 Å². The lowest BCUT2D eigenvalue weighted by molar-refractivity contribution is 0.584. The Hall–Kier alpha value is -1.39. The first-order valence-electron chi connectivity index (χ1n) is 6.65. The summed E-state index contributed by atoms with van der Waals surface area (Å²) in [6, 6.07) is 13.0. The molecule has 106 valence electrons. The summed E-state index contributed by atoms with van der Waals surface area (Å²) in [5.41, 5.74) is 3.58. The number of halogens is 1. The first-order chi connectivity index (χ1) is 9.60. The van der Waals surface area contributed by atoms with Gasteiger partial charge in [0, 0.05) is 48.6 Å². The average Bonchev–Trinajstić information content (AvgIpc) is 2.47. The molecular formula is C16H20BrN3. The van der Waals surface area contributed by atoms with Crippen molar-refractivity contribution in [2.75, 3.05) is 26.0 Å². The predicted molar refractivity (Wildman–Crippen MR) is 88.2 cm³/mol. The Balaban J connectivity index is 2.13. The molecule has 3 nitrogen and oxygen atoms in total. The topological polar surface area (TPSA) is 28.2 Å². The summed E-state index contributed by atoms with van der Waals surface area (Å²) >= 11 is 3.41. The second kappa shape index (κ2) is 6.86. The third kappa shape index (κ3) is 3.81. The molecule has 1 aromatic heterocycles. The van der Waals surface area contributed by atoms with Gasteiger partial charge in [0.2, 0.25) is 0 Å². The summed E-state index contributed by atoms with van der Waals surface area (Å²) < 4.78 is 1.01. The predicted octanol–water partition coefficient (Wildman–Crippen LogP) is 3.41. The van der Waals surface area contributed by atoms with Gasteiger partial charge in [0.1, 0.15) is 0 Å². The van der Waals surface area contributed by atoms with Crippen molar-refractivity contribution >= 4 is 21.6 Å². The van der Waals surface area contributed by atoms with E-state index in [1.807, 2.05) is 19.3 Å². The number of benzene rings is 1. The first-order valence-corrected chi connectivity index (χ1v) is 7.44. The summed E-state index contributed by atoms with van der Waals surface area (Å²) in [7, 11) is 6.09. The van der Waals surface area contributed by atoms with Gasteiger partial charge in [-0.1, -0.05) is 12.1 Å². The normalized spacial score (nSPS) is 12.2. The van der Waals surface area contributed by atoms with Gasteiger partial charge >= 0.3 is 0 Å². The summed E-state index contributed by atoms with van der Waals surface area (Å²) in [5.74, 6) is 0. The van der Waals surface area contributed by atoms with Crippen molar-refractivity contribution in [1.29, 1.82) is 0 Å². The number of pyridine rings is 1. The van der Waals surface area contributed by atoms with Crippen molar-refractivity contribution in [2.45, 2.75) is 12.5 Å². The number of nitrogens with zero attached hydrogens (tertiary/aromatic N) is 2. The number of rotatable bonds is 5. The highest BCUT2D eigenvalue weighted by atomic mass is 79.9. The Labute approximate surface area is 129 Å². The number of aromatic nitrogens is 1. The van der Waals surface area contributed by atoms with Gasteiger partial charge in [-0.15, -0.1) is 0 Å². The molecule has 0 amide bonds. The summed E-state index contributed by atoms with van der Waals surface area (Å²) in [6.45, 7) is 0. The van der Waals surface area contributed by atoms with Crippen LogP contribution in [0.15, 0.2) is 47.1 Å². The Kier molecular flexibility index (Phi) is 5.15. The van der Waals surface area contributed by atoms with Gasteiger partial charge < -0.3 is 10.2 Å². The van der Waals surface area contributed by atoms with Gasteiger partial charge in [-0.25, -0.2) is 0 Å². The largest absolute Gasteiger partial charge is 0.378 e. The minimum atomic E-state index is 0.278. The van der Waals surface area contributed by atoms with Gasteiger partial charge in [-0.2, -0.15) is 0 Å². The number of likely N-dealkylation sites (N-methyl/N-ethyl adjacent to an activating group) is 1. The highest BCUT2D eigenvalue weighted by molar-refractivity contribution is 9.10. The van der Waals surface area contributed by atoms with Crippen LogP contribution in [0.3, 0.4) is 0 Å². The molecule has 0 bridgehead atoms. The maximum Gasteiger partial charge on any atom is 0.0423 e. The molecule has 0 aliphatic rings. The second-order valence-corrected chi connectivity index (χ2v) is 5.91. The Morgan fingerprint density at radius 3 is 2.35 bits per heavy atom. The lowest BCUT2D eigenvalue weighted by Crippen LogP contribution is -2.19. The molecule has 0 radical (unpaired) electrons.